The molecule has 9 nitrogen and oxygen atoms in total. The van der Waals surface area contributed by atoms with Crippen molar-refractivity contribution in [2.75, 3.05) is 67.5 Å². The van der Waals surface area contributed by atoms with Crippen molar-refractivity contribution in [2.45, 2.75) is 12.6 Å². The van der Waals surface area contributed by atoms with E-state index in [0.717, 1.165) is 73.4 Å². The number of carbonyl (C=O) groups is 2. The second-order valence-electron chi connectivity index (χ2n) is 12.7. The molecular formula is C40H40ClF3N6O3. The predicted octanol–water partition coefficient (Wildman–Crippen LogP) is 7.09. The first-order valence-corrected chi connectivity index (χ1v) is 17.7. The quantitative estimate of drug-likeness (QED) is 0.134. The molecule has 13 heteroatoms. The third-order valence-electron chi connectivity index (χ3n) is 9.03. The Morgan fingerprint density at radius 1 is 0.755 bits per heavy atom. The summed E-state index contributed by atoms with van der Waals surface area (Å²) >= 11 is 5.86. The number of nitrogens with zero attached hydrogens (tertiary/aromatic N) is 2. The minimum Gasteiger partial charge on any atom is -0.457 e. The molecule has 2 heterocycles. The summed E-state index contributed by atoms with van der Waals surface area (Å²) < 4.78 is 45.6. The lowest BCUT2D eigenvalue weighted by Gasteiger charge is -2.31. The molecule has 0 saturated carbocycles. The summed E-state index contributed by atoms with van der Waals surface area (Å²) in [6, 6.07) is 29.4. The van der Waals surface area contributed by atoms with Gasteiger partial charge in [0, 0.05) is 63.1 Å². The number of carbonyl (C=O) groups excluding carboxylic acids is 2. The largest absolute Gasteiger partial charge is 0.457 e. The predicted molar refractivity (Wildman–Crippen MR) is 204 cm³/mol. The van der Waals surface area contributed by atoms with Crippen LogP contribution in [0.15, 0.2) is 103 Å². The Morgan fingerprint density at radius 2 is 1.36 bits per heavy atom. The molecule has 5 N–H and O–H groups in total. The van der Waals surface area contributed by atoms with Crippen LogP contribution in [0.5, 0.6) is 11.5 Å². The molecule has 2 saturated heterocycles. The molecule has 0 aliphatic carbocycles. The van der Waals surface area contributed by atoms with E-state index in [9.17, 15) is 22.8 Å². The number of alkyl halides is 3. The van der Waals surface area contributed by atoms with Crippen molar-refractivity contribution in [1.29, 1.82) is 0 Å². The van der Waals surface area contributed by atoms with Crippen molar-refractivity contribution in [2.24, 2.45) is 5.73 Å². The lowest BCUT2D eigenvalue weighted by Crippen LogP contribution is -2.44. The maximum absolute atomic E-state index is 13.3. The first kappa shape index (κ1) is 37.5. The highest BCUT2D eigenvalue weighted by Crippen LogP contribution is 2.36. The van der Waals surface area contributed by atoms with Crippen molar-refractivity contribution in [3.05, 3.63) is 125 Å². The third-order valence-corrected chi connectivity index (χ3v) is 9.28. The zero-order chi connectivity index (χ0) is 37.4. The Kier molecular flexibility index (Phi) is 12.0. The van der Waals surface area contributed by atoms with E-state index in [4.69, 9.17) is 22.1 Å². The summed E-state index contributed by atoms with van der Waals surface area (Å²) in [4.78, 5) is 28.8. The van der Waals surface area contributed by atoms with Gasteiger partial charge >= 0.3 is 6.18 Å². The maximum atomic E-state index is 13.3. The Balaban J connectivity index is 0.000000188. The molecule has 0 radical (unpaired) electrons. The highest BCUT2D eigenvalue weighted by Gasteiger charge is 2.32. The standard InChI is InChI=1S/C23H22F3N3O.C17H18ClN3O2/c24-23(25,26)18-8-9-21(29-12-10-27-11-13-29)20(15-18)28-22(30)14-17-6-3-5-16-4-1-2-7-19(16)17;18-12-1-3-13(4-2-12)23-14-5-6-16(15(11-14)17(19)22)21-9-7-20-8-10-21/h1-9,15,27H,10-14H2,(H,28,30);1-6,11,20H,7-10H2,(H2,19,22). The molecule has 2 aliphatic rings. The van der Waals surface area contributed by atoms with Gasteiger partial charge in [-0.15, -0.1) is 0 Å². The molecule has 0 bridgehead atoms. The van der Waals surface area contributed by atoms with Crippen molar-refractivity contribution in [3.8, 4) is 11.5 Å². The number of benzene rings is 5. The number of anilines is 3. The van der Waals surface area contributed by atoms with Gasteiger partial charge in [0.2, 0.25) is 5.91 Å². The number of amides is 2. The highest BCUT2D eigenvalue weighted by molar-refractivity contribution is 6.30. The molecule has 53 heavy (non-hydrogen) atoms. The van der Waals surface area contributed by atoms with Crippen LogP contribution in [0.1, 0.15) is 21.5 Å². The minimum absolute atomic E-state index is 0.0819. The van der Waals surface area contributed by atoms with Crippen LogP contribution in [-0.2, 0) is 17.4 Å². The number of fused-ring (bicyclic) bond motifs is 1. The van der Waals surface area contributed by atoms with Gasteiger partial charge in [0.1, 0.15) is 11.5 Å². The fourth-order valence-corrected chi connectivity index (χ4v) is 6.53. The Labute approximate surface area is 310 Å². The van der Waals surface area contributed by atoms with E-state index >= 15 is 0 Å². The SMILES string of the molecule is NC(=O)c1cc(Oc2ccc(Cl)cc2)ccc1N1CCNCC1.O=C(Cc1cccc2ccccc12)Nc1cc(C(F)(F)F)ccc1N1CCNCC1. The van der Waals surface area contributed by atoms with Gasteiger partial charge in [-0.05, 0) is 77.0 Å². The summed E-state index contributed by atoms with van der Waals surface area (Å²) in [6.07, 6.45) is -4.39. The monoisotopic (exact) mass is 744 g/mol. The molecular weight excluding hydrogens is 705 g/mol. The van der Waals surface area contributed by atoms with E-state index in [2.05, 4.69) is 20.9 Å². The van der Waals surface area contributed by atoms with E-state index < -0.39 is 17.6 Å². The lowest BCUT2D eigenvalue weighted by atomic mass is 10.0. The number of ether oxygens (including phenoxy) is 1. The number of nitrogens with one attached hydrogen (secondary N) is 3. The Hall–Kier alpha value is -5.30. The number of piperazine rings is 2. The number of nitrogens with two attached hydrogens (primary N) is 1. The van der Waals surface area contributed by atoms with E-state index in [1.54, 1.807) is 30.3 Å². The zero-order valence-electron chi connectivity index (χ0n) is 28.9. The number of primary amides is 1. The van der Waals surface area contributed by atoms with E-state index in [-0.39, 0.29) is 18.0 Å². The zero-order valence-corrected chi connectivity index (χ0v) is 29.6. The first-order valence-electron chi connectivity index (χ1n) is 17.3. The summed E-state index contributed by atoms with van der Waals surface area (Å²) in [6.45, 7) is 6.28. The maximum Gasteiger partial charge on any atom is 0.416 e. The van der Waals surface area contributed by atoms with Crippen LogP contribution in [0.2, 0.25) is 5.02 Å². The molecule has 0 aromatic heterocycles. The molecule has 2 aliphatic heterocycles. The molecule has 2 amide bonds. The highest BCUT2D eigenvalue weighted by atomic mass is 35.5. The average molecular weight is 745 g/mol. The van der Waals surface area contributed by atoms with Crippen LogP contribution in [-0.4, -0.2) is 64.2 Å². The molecule has 2 fully saturated rings. The minimum atomic E-state index is -4.48. The average Bonchev–Trinajstić information content (AvgIpc) is 3.16. The van der Waals surface area contributed by atoms with Crippen LogP contribution < -0.4 is 36.2 Å². The Bertz CT molecular complexity index is 2040. The summed E-state index contributed by atoms with van der Waals surface area (Å²) in [5, 5.41) is 11.9. The molecule has 5 aromatic carbocycles. The molecule has 276 valence electrons. The van der Waals surface area contributed by atoms with E-state index in [1.807, 2.05) is 59.5 Å². The van der Waals surface area contributed by atoms with Gasteiger partial charge in [-0.3, -0.25) is 9.59 Å². The van der Waals surface area contributed by atoms with E-state index in [0.29, 0.717) is 40.9 Å². The number of hydrogen-bond donors (Lipinski definition) is 4. The number of halogens is 4. The van der Waals surface area contributed by atoms with E-state index in [1.165, 1.54) is 6.07 Å². The van der Waals surface area contributed by atoms with Crippen LogP contribution in [0.4, 0.5) is 30.2 Å². The van der Waals surface area contributed by atoms with Gasteiger partial charge in [0.25, 0.3) is 5.91 Å². The van der Waals surface area contributed by atoms with Gasteiger partial charge in [-0.2, -0.15) is 13.2 Å². The number of rotatable bonds is 8. The third kappa shape index (κ3) is 9.78. The Morgan fingerprint density at radius 3 is 2.02 bits per heavy atom. The topological polar surface area (TPSA) is 112 Å². The molecule has 0 spiro atoms. The van der Waals surface area contributed by atoms with Crippen LogP contribution in [0, 0.1) is 0 Å². The first-order chi connectivity index (χ1) is 25.5. The molecule has 0 unspecified atom stereocenters. The van der Waals surface area contributed by atoms with Crippen molar-refractivity contribution < 1.29 is 27.5 Å². The fraction of sp³-hybridized carbons (Fsp3) is 0.250. The summed E-state index contributed by atoms with van der Waals surface area (Å²) in [7, 11) is 0. The molecule has 5 aromatic rings. The van der Waals surface area contributed by atoms with Crippen LogP contribution in [0.25, 0.3) is 10.8 Å². The van der Waals surface area contributed by atoms with Gasteiger partial charge < -0.3 is 36.2 Å². The summed E-state index contributed by atoms with van der Waals surface area (Å²) in [5.41, 5.74) is 7.73. The smallest absolute Gasteiger partial charge is 0.416 e. The van der Waals surface area contributed by atoms with Gasteiger partial charge in [0.15, 0.2) is 0 Å². The molecule has 0 atom stereocenters. The van der Waals surface area contributed by atoms with Crippen LogP contribution in [0.3, 0.4) is 0 Å². The van der Waals surface area contributed by atoms with Crippen molar-refractivity contribution in [1.82, 2.24) is 10.6 Å². The second-order valence-corrected chi connectivity index (χ2v) is 13.1. The van der Waals surface area contributed by atoms with Crippen LogP contribution >= 0.6 is 11.6 Å². The second kappa shape index (κ2) is 17.0. The summed E-state index contributed by atoms with van der Waals surface area (Å²) in [5.74, 6) is 0.418. The van der Waals surface area contributed by atoms with Crippen molar-refractivity contribution >= 4 is 51.2 Å². The van der Waals surface area contributed by atoms with Gasteiger partial charge in [-0.1, -0.05) is 54.1 Å². The number of hydrogen-bond acceptors (Lipinski definition) is 7. The normalized spacial score (nSPS) is 14.6. The molecule has 7 rings (SSSR count). The lowest BCUT2D eigenvalue weighted by molar-refractivity contribution is -0.137. The van der Waals surface area contributed by atoms with Crippen molar-refractivity contribution in [3.63, 3.8) is 0 Å². The van der Waals surface area contributed by atoms with Gasteiger partial charge in [0.05, 0.1) is 28.9 Å². The van der Waals surface area contributed by atoms with Gasteiger partial charge in [-0.25, -0.2) is 0 Å². The fourth-order valence-electron chi connectivity index (χ4n) is 6.40.